The number of hydrogen-bond donors (Lipinski definition) is 0. The first kappa shape index (κ1) is 27.3. The molecule has 4 aromatic carbocycles. The molecule has 0 bridgehead atoms. The fourth-order valence-corrected chi connectivity index (χ4v) is 4.26. The van der Waals surface area contributed by atoms with Crippen LogP contribution in [0.1, 0.15) is 22.3 Å². The zero-order valence-corrected chi connectivity index (χ0v) is 21.7. The third-order valence-electron chi connectivity index (χ3n) is 6.12. The summed E-state index contributed by atoms with van der Waals surface area (Å²) in [7, 11) is 0. The molecular weight excluding hydrogens is 502 g/mol. The minimum atomic E-state index is -0.679. The fourth-order valence-electron chi connectivity index (χ4n) is 4.26. The molecule has 0 N–H and O–H groups in total. The fraction of sp³-hybridized carbons (Fsp3) is 0.161. The summed E-state index contributed by atoms with van der Waals surface area (Å²) in [6.07, 6.45) is 1.67. The second kappa shape index (κ2) is 12.2. The molecule has 39 heavy (non-hydrogen) atoms. The molecule has 0 aliphatic rings. The number of halogens is 2. The first-order chi connectivity index (χ1) is 18.7. The van der Waals surface area contributed by atoms with Gasteiger partial charge in [0.1, 0.15) is 35.5 Å². The molecule has 4 aromatic rings. The van der Waals surface area contributed by atoms with E-state index in [1.54, 1.807) is 31.2 Å². The first-order valence-electron chi connectivity index (χ1n) is 12.3. The van der Waals surface area contributed by atoms with E-state index in [4.69, 9.17) is 9.47 Å². The second-order valence-electron chi connectivity index (χ2n) is 9.10. The number of rotatable bonds is 11. The van der Waals surface area contributed by atoms with Crippen molar-refractivity contribution < 1.29 is 23.2 Å². The van der Waals surface area contributed by atoms with Gasteiger partial charge in [-0.1, -0.05) is 36.9 Å². The van der Waals surface area contributed by atoms with Crippen LogP contribution >= 0.6 is 0 Å². The Labute approximate surface area is 225 Å². The van der Waals surface area contributed by atoms with Gasteiger partial charge in [0.25, 0.3) is 5.69 Å². The lowest BCUT2D eigenvalue weighted by atomic mass is 10.1. The van der Waals surface area contributed by atoms with E-state index in [2.05, 4.69) is 6.58 Å². The number of nitrogens with zero attached hydrogens (tertiary/aromatic N) is 2. The van der Waals surface area contributed by atoms with Gasteiger partial charge in [-0.15, -0.1) is 0 Å². The van der Waals surface area contributed by atoms with E-state index in [-0.39, 0.29) is 17.8 Å². The quantitative estimate of drug-likeness (QED) is 0.112. The van der Waals surface area contributed by atoms with Crippen LogP contribution in [0.2, 0.25) is 0 Å². The lowest BCUT2D eigenvalue weighted by molar-refractivity contribution is -0.385. The smallest absolute Gasteiger partial charge is 0.274 e. The third kappa shape index (κ3) is 6.98. The second-order valence-corrected chi connectivity index (χ2v) is 9.10. The molecule has 4 rings (SSSR count). The molecule has 0 radical (unpaired) electrons. The molecule has 0 aliphatic heterocycles. The Morgan fingerprint density at radius 2 is 1.67 bits per heavy atom. The molecule has 6 nitrogen and oxygen atoms in total. The normalized spacial score (nSPS) is 10.7. The maximum atomic E-state index is 14.6. The van der Waals surface area contributed by atoms with Gasteiger partial charge in [-0.2, -0.15) is 0 Å². The van der Waals surface area contributed by atoms with E-state index in [9.17, 15) is 18.9 Å². The lowest BCUT2D eigenvalue weighted by Crippen LogP contribution is -2.24. The zero-order chi connectivity index (χ0) is 27.9. The summed E-state index contributed by atoms with van der Waals surface area (Å²) in [4.78, 5) is 12.9. The van der Waals surface area contributed by atoms with E-state index in [1.165, 1.54) is 18.2 Å². The highest BCUT2D eigenvalue weighted by Gasteiger charge is 2.19. The molecule has 0 heterocycles. The number of benzene rings is 4. The predicted octanol–water partition coefficient (Wildman–Crippen LogP) is 8.05. The van der Waals surface area contributed by atoms with Gasteiger partial charge in [-0.3, -0.25) is 10.1 Å². The van der Waals surface area contributed by atoms with Crippen molar-refractivity contribution in [2.24, 2.45) is 0 Å². The van der Waals surface area contributed by atoms with Crippen molar-refractivity contribution in [3.8, 4) is 17.2 Å². The highest BCUT2D eigenvalue weighted by atomic mass is 19.1. The number of hydrogen-bond acceptors (Lipinski definition) is 5. The van der Waals surface area contributed by atoms with Crippen LogP contribution in [0.15, 0.2) is 91.5 Å². The minimum Gasteiger partial charge on any atom is -0.489 e. The first-order valence-corrected chi connectivity index (χ1v) is 12.3. The maximum absolute atomic E-state index is 14.6. The highest BCUT2D eigenvalue weighted by molar-refractivity contribution is 5.62. The van der Waals surface area contributed by atoms with Gasteiger partial charge in [0.15, 0.2) is 0 Å². The molecule has 0 aliphatic carbocycles. The molecule has 0 saturated heterocycles. The Morgan fingerprint density at radius 1 is 0.923 bits per heavy atom. The van der Waals surface area contributed by atoms with Gasteiger partial charge in [0.05, 0.1) is 10.5 Å². The average molecular weight is 531 g/mol. The Hall–Kier alpha value is -4.72. The van der Waals surface area contributed by atoms with Crippen molar-refractivity contribution in [2.75, 3.05) is 11.5 Å². The van der Waals surface area contributed by atoms with Crippen LogP contribution in [0.4, 0.5) is 20.2 Å². The Balaban J connectivity index is 1.59. The van der Waals surface area contributed by atoms with Crippen LogP contribution in [0, 0.1) is 35.6 Å². The SMILES string of the molecule is C=CCOc1cc(C)cc(Oc2ccc(CN(Cc3ccc(F)cc3F)c3cccc([N+](=O)[O-])c3C)cc2)c1. The highest BCUT2D eigenvalue weighted by Crippen LogP contribution is 2.32. The monoisotopic (exact) mass is 530 g/mol. The van der Waals surface area contributed by atoms with Crippen molar-refractivity contribution >= 4 is 11.4 Å². The number of nitro benzene ring substituents is 1. The van der Waals surface area contributed by atoms with Crippen LogP contribution < -0.4 is 14.4 Å². The van der Waals surface area contributed by atoms with Gasteiger partial charge in [-0.05, 0) is 61.4 Å². The van der Waals surface area contributed by atoms with Gasteiger partial charge in [-0.25, -0.2) is 8.78 Å². The topological polar surface area (TPSA) is 64.8 Å². The van der Waals surface area contributed by atoms with Crippen LogP contribution in [0.3, 0.4) is 0 Å². The molecule has 8 heteroatoms. The summed E-state index contributed by atoms with van der Waals surface area (Å²) in [6.45, 7) is 8.07. The molecule has 0 fully saturated rings. The van der Waals surface area contributed by atoms with E-state index >= 15 is 0 Å². The molecule has 0 atom stereocenters. The molecule has 0 unspecified atom stereocenters. The number of nitro groups is 1. The van der Waals surface area contributed by atoms with Crippen molar-refractivity contribution in [3.63, 3.8) is 0 Å². The summed E-state index contributed by atoms with van der Waals surface area (Å²) in [5.41, 5.74) is 3.14. The molecule has 0 amide bonds. The molecular formula is C31H28F2N2O4. The summed E-state index contributed by atoms with van der Waals surface area (Å²) >= 11 is 0. The van der Waals surface area contributed by atoms with Gasteiger partial charge in [0, 0.05) is 42.5 Å². The van der Waals surface area contributed by atoms with E-state index in [0.29, 0.717) is 41.7 Å². The number of aryl methyl sites for hydroxylation is 1. The third-order valence-corrected chi connectivity index (χ3v) is 6.12. The van der Waals surface area contributed by atoms with Gasteiger partial charge >= 0.3 is 0 Å². The molecule has 0 saturated carbocycles. The minimum absolute atomic E-state index is 0.0320. The van der Waals surface area contributed by atoms with Crippen LogP contribution in [0.5, 0.6) is 17.2 Å². The average Bonchev–Trinajstić information content (AvgIpc) is 2.89. The standard InChI is InChI=1S/C31H28F2N2O4/c1-4-14-38-27-15-21(2)16-28(18-27)39-26-12-8-23(9-13-26)19-34(20-24-10-11-25(32)17-29(24)33)30-6-5-7-31(22(30)3)35(36)37/h4-13,15-18H,1,14,19-20H2,2-3H3. The maximum Gasteiger partial charge on any atom is 0.274 e. The van der Waals surface area contributed by atoms with Crippen LogP contribution in [0.25, 0.3) is 0 Å². The molecule has 200 valence electrons. The predicted molar refractivity (Wildman–Crippen MR) is 147 cm³/mol. The molecule has 0 aromatic heterocycles. The largest absolute Gasteiger partial charge is 0.489 e. The van der Waals surface area contributed by atoms with Gasteiger partial charge in [0.2, 0.25) is 0 Å². The van der Waals surface area contributed by atoms with E-state index in [0.717, 1.165) is 17.2 Å². The van der Waals surface area contributed by atoms with Crippen molar-refractivity contribution in [3.05, 3.63) is 136 Å². The van der Waals surface area contributed by atoms with Crippen molar-refractivity contribution in [1.29, 1.82) is 0 Å². The van der Waals surface area contributed by atoms with E-state index < -0.39 is 16.6 Å². The number of anilines is 1. The van der Waals surface area contributed by atoms with Crippen molar-refractivity contribution in [2.45, 2.75) is 26.9 Å². The molecule has 0 spiro atoms. The summed E-state index contributed by atoms with van der Waals surface area (Å²) < 4.78 is 39.7. The van der Waals surface area contributed by atoms with Crippen molar-refractivity contribution in [1.82, 2.24) is 0 Å². The summed E-state index contributed by atoms with van der Waals surface area (Å²) in [5, 5.41) is 11.5. The summed E-state index contributed by atoms with van der Waals surface area (Å²) in [6, 6.07) is 21.2. The lowest BCUT2D eigenvalue weighted by Gasteiger charge is -2.27. The van der Waals surface area contributed by atoms with Gasteiger partial charge < -0.3 is 14.4 Å². The Kier molecular flexibility index (Phi) is 8.56. The summed E-state index contributed by atoms with van der Waals surface area (Å²) in [5.74, 6) is 0.570. The Morgan fingerprint density at radius 3 is 2.36 bits per heavy atom. The van der Waals surface area contributed by atoms with Crippen LogP contribution in [-0.2, 0) is 13.1 Å². The van der Waals surface area contributed by atoms with E-state index in [1.807, 2.05) is 48.2 Å². The number of ether oxygens (including phenoxy) is 2. The Bertz CT molecular complexity index is 1490. The zero-order valence-electron chi connectivity index (χ0n) is 21.7. The van der Waals surface area contributed by atoms with Crippen LogP contribution in [-0.4, -0.2) is 11.5 Å².